The first kappa shape index (κ1) is 17.7. The summed E-state index contributed by atoms with van der Waals surface area (Å²) >= 11 is 0. The van der Waals surface area contributed by atoms with Crippen LogP contribution in [0, 0.1) is 0 Å². The smallest absolute Gasteiger partial charge is 0.354 e. The summed E-state index contributed by atoms with van der Waals surface area (Å²) in [4.78, 5) is 23.6. The number of amides is 1. The van der Waals surface area contributed by atoms with E-state index in [4.69, 9.17) is 5.11 Å². The molecule has 2 rings (SSSR count). The number of benzene rings is 1. The Labute approximate surface area is 141 Å². The van der Waals surface area contributed by atoms with Crippen LogP contribution in [0.2, 0.25) is 0 Å². The van der Waals surface area contributed by atoms with Gasteiger partial charge in [-0.15, -0.1) is 0 Å². The molecule has 0 aliphatic rings. The molecule has 2 atom stereocenters. The molecule has 6 nitrogen and oxygen atoms in total. The van der Waals surface area contributed by atoms with E-state index in [1.54, 1.807) is 6.92 Å². The first-order valence-corrected chi connectivity index (χ1v) is 7.98. The molecule has 0 saturated heterocycles. The van der Waals surface area contributed by atoms with Crippen LogP contribution in [0.1, 0.15) is 67.3 Å². The average Bonchev–Trinajstić information content (AvgIpc) is 3.03. The Morgan fingerprint density at radius 1 is 1.04 bits per heavy atom. The Bertz CT molecular complexity index is 719. The molecule has 2 aromatic rings. The second-order valence-corrected chi connectivity index (χ2v) is 6.19. The molecular formula is C18H23N3O3. The maximum absolute atomic E-state index is 12.4. The molecule has 0 radical (unpaired) electrons. The van der Waals surface area contributed by atoms with Crippen molar-refractivity contribution in [1.82, 2.24) is 15.1 Å². The van der Waals surface area contributed by atoms with Crippen LogP contribution in [0.3, 0.4) is 0 Å². The molecule has 0 spiro atoms. The highest BCUT2D eigenvalue weighted by Crippen LogP contribution is 2.19. The number of aromatic nitrogens is 2. The van der Waals surface area contributed by atoms with Crippen LogP contribution in [-0.2, 0) is 4.79 Å². The molecule has 128 valence electrons. The lowest BCUT2D eigenvalue weighted by molar-refractivity contribution is -0.124. The van der Waals surface area contributed by atoms with Gasteiger partial charge in [0.05, 0.1) is 6.04 Å². The molecule has 0 saturated carbocycles. The van der Waals surface area contributed by atoms with Crippen LogP contribution in [-0.4, -0.2) is 26.8 Å². The molecule has 1 heterocycles. The van der Waals surface area contributed by atoms with E-state index in [0.29, 0.717) is 5.92 Å². The van der Waals surface area contributed by atoms with E-state index >= 15 is 0 Å². The monoisotopic (exact) mass is 329 g/mol. The number of aromatic carboxylic acids is 1. The molecule has 0 fully saturated rings. The van der Waals surface area contributed by atoms with E-state index in [1.165, 1.54) is 22.5 Å². The molecule has 24 heavy (non-hydrogen) atoms. The summed E-state index contributed by atoms with van der Waals surface area (Å²) in [5, 5.41) is 16.0. The molecule has 0 bridgehead atoms. The first-order valence-electron chi connectivity index (χ1n) is 7.98. The van der Waals surface area contributed by atoms with Gasteiger partial charge in [-0.3, -0.25) is 4.79 Å². The largest absolute Gasteiger partial charge is 0.477 e. The molecule has 1 amide bonds. The van der Waals surface area contributed by atoms with Gasteiger partial charge >= 0.3 is 5.97 Å². The third kappa shape index (κ3) is 3.82. The van der Waals surface area contributed by atoms with Gasteiger partial charge < -0.3 is 10.4 Å². The van der Waals surface area contributed by atoms with Crippen molar-refractivity contribution in [3.8, 4) is 0 Å². The van der Waals surface area contributed by atoms with Crippen molar-refractivity contribution in [2.24, 2.45) is 0 Å². The summed E-state index contributed by atoms with van der Waals surface area (Å²) < 4.78 is 1.21. The van der Waals surface area contributed by atoms with Crippen LogP contribution in [0.15, 0.2) is 36.5 Å². The molecule has 2 unspecified atom stereocenters. The number of hydrogen-bond donors (Lipinski definition) is 2. The van der Waals surface area contributed by atoms with Gasteiger partial charge in [0.1, 0.15) is 11.7 Å². The fourth-order valence-electron chi connectivity index (χ4n) is 2.49. The minimum atomic E-state index is -1.11. The van der Waals surface area contributed by atoms with Gasteiger partial charge in [0, 0.05) is 6.20 Å². The number of carbonyl (C=O) groups excluding carboxylic acids is 1. The predicted octanol–water partition coefficient (Wildman–Crippen LogP) is 3.14. The normalized spacial score (nSPS) is 13.5. The average molecular weight is 329 g/mol. The minimum absolute atomic E-state index is 0.00779. The summed E-state index contributed by atoms with van der Waals surface area (Å²) in [5.74, 6) is -0.927. The third-order valence-electron chi connectivity index (χ3n) is 4.10. The van der Waals surface area contributed by atoms with E-state index in [0.717, 1.165) is 5.56 Å². The molecule has 0 aliphatic heterocycles. The predicted molar refractivity (Wildman–Crippen MR) is 91.0 cm³/mol. The van der Waals surface area contributed by atoms with E-state index in [9.17, 15) is 9.59 Å². The fourth-order valence-corrected chi connectivity index (χ4v) is 2.49. The Hall–Kier alpha value is -2.63. The number of hydrogen-bond acceptors (Lipinski definition) is 3. The van der Waals surface area contributed by atoms with Gasteiger partial charge in [0.15, 0.2) is 0 Å². The minimum Gasteiger partial charge on any atom is -0.477 e. The lowest BCUT2D eigenvalue weighted by Gasteiger charge is -2.19. The highest BCUT2D eigenvalue weighted by molar-refractivity contribution is 5.87. The van der Waals surface area contributed by atoms with Crippen molar-refractivity contribution in [2.75, 3.05) is 0 Å². The molecule has 1 aromatic heterocycles. The van der Waals surface area contributed by atoms with E-state index in [2.05, 4.69) is 36.4 Å². The standard InChI is InChI=1S/C18H23N3O3/c1-11(2)14-5-7-15(8-6-14)12(3)20-17(22)13(4)21-16(18(23)24)9-10-19-21/h5-13H,1-4H3,(H,20,22)(H,23,24). The zero-order valence-electron chi connectivity index (χ0n) is 14.4. The van der Waals surface area contributed by atoms with E-state index < -0.39 is 12.0 Å². The second kappa shape index (κ2) is 7.29. The van der Waals surface area contributed by atoms with Gasteiger partial charge in [-0.05, 0) is 37.0 Å². The van der Waals surface area contributed by atoms with Gasteiger partial charge in [-0.25, -0.2) is 9.48 Å². The van der Waals surface area contributed by atoms with Crippen molar-refractivity contribution in [3.05, 3.63) is 53.3 Å². The van der Waals surface area contributed by atoms with Crippen LogP contribution in [0.4, 0.5) is 0 Å². The van der Waals surface area contributed by atoms with Gasteiger partial charge in [0.2, 0.25) is 5.91 Å². The van der Waals surface area contributed by atoms with Crippen molar-refractivity contribution < 1.29 is 14.7 Å². The Balaban J connectivity index is 2.07. The summed E-state index contributed by atoms with van der Waals surface area (Å²) in [6.45, 7) is 7.79. The van der Waals surface area contributed by atoms with Crippen molar-refractivity contribution in [3.63, 3.8) is 0 Å². The lowest BCUT2D eigenvalue weighted by atomic mass is 9.99. The highest BCUT2D eigenvalue weighted by Gasteiger charge is 2.22. The summed E-state index contributed by atoms with van der Waals surface area (Å²) in [5.41, 5.74) is 2.23. The number of carboxylic acids is 1. The SMILES string of the molecule is CC(C)c1ccc(C(C)NC(=O)C(C)n2nccc2C(=O)O)cc1. The number of carbonyl (C=O) groups is 2. The number of nitrogens with zero attached hydrogens (tertiary/aromatic N) is 2. The topological polar surface area (TPSA) is 84.2 Å². The summed E-state index contributed by atoms with van der Waals surface area (Å²) in [6.07, 6.45) is 1.38. The summed E-state index contributed by atoms with van der Waals surface area (Å²) in [7, 11) is 0. The molecule has 2 N–H and O–H groups in total. The van der Waals surface area contributed by atoms with E-state index in [1.807, 2.05) is 19.1 Å². The third-order valence-corrected chi connectivity index (χ3v) is 4.10. The Morgan fingerprint density at radius 2 is 1.62 bits per heavy atom. The van der Waals surface area contributed by atoms with Crippen molar-refractivity contribution >= 4 is 11.9 Å². The molecule has 0 aliphatic carbocycles. The van der Waals surface area contributed by atoms with Crippen molar-refractivity contribution in [1.29, 1.82) is 0 Å². The summed E-state index contributed by atoms with van der Waals surface area (Å²) in [6, 6.07) is 8.61. The molecule has 1 aromatic carbocycles. The number of rotatable bonds is 6. The quantitative estimate of drug-likeness (QED) is 0.852. The Kier molecular flexibility index (Phi) is 5.39. The van der Waals surface area contributed by atoms with Crippen molar-refractivity contribution in [2.45, 2.75) is 45.7 Å². The fraction of sp³-hybridized carbons (Fsp3) is 0.389. The van der Waals surface area contributed by atoms with Crippen LogP contribution in [0.5, 0.6) is 0 Å². The van der Waals surface area contributed by atoms with Crippen LogP contribution >= 0.6 is 0 Å². The number of carboxylic acid groups (broad SMARTS) is 1. The Morgan fingerprint density at radius 3 is 2.17 bits per heavy atom. The first-order chi connectivity index (χ1) is 11.3. The van der Waals surface area contributed by atoms with Crippen LogP contribution < -0.4 is 5.32 Å². The molecule has 6 heteroatoms. The van der Waals surface area contributed by atoms with Gasteiger partial charge in [-0.2, -0.15) is 5.10 Å². The zero-order valence-corrected chi connectivity index (χ0v) is 14.4. The van der Waals surface area contributed by atoms with E-state index in [-0.39, 0.29) is 17.6 Å². The maximum atomic E-state index is 12.4. The lowest BCUT2D eigenvalue weighted by Crippen LogP contribution is -2.34. The van der Waals surface area contributed by atoms with Gasteiger partial charge in [-0.1, -0.05) is 38.1 Å². The van der Waals surface area contributed by atoms with Crippen LogP contribution in [0.25, 0.3) is 0 Å². The number of nitrogens with one attached hydrogen (secondary N) is 1. The molecular weight excluding hydrogens is 306 g/mol. The maximum Gasteiger partial charge on any atom is 0.354 e. The van der Waals surface area contributed by atoms with Gasteiger partial charge in [0.25, 0.3) is 0 Å². The zero-order chi connectivity index (χ0) is 17.9. The second-order valence-electron chi connectivity index (χ2n) is 6.19. The highest BCUT2D eigenvalue weighted by atomic mass is 16.4.